The van der Waals surface area contributed by atoms with Gasteiger partial charge in [-0.1, -0.05) is 20.8 Å². The van der Waals surface area contributed by atoms with Crippen LogP contribution in [-0.4, -0.2) is 47.6 Å². The lowest BCUT2D eigenvalue weighted by Gasteiger charge is -2.25. The Bertz CT molecular complexity index is 295. The Labute approximate surface area is 110 Å². The van der Waals surface area contributed by atoms with Crippen LogP contribution in [0.1, 0.15) is 41.0 Å². The predicted molar refractivity (Wildman–Crippen MR) is 71.0 cm³/mol. The second-order valence-corrected chi connectivity index (χ2v) is 5.84. The molecule has 0 fully saturated rings. The predicted octanol–water partition coefficient (Wildman–Crippen LogP) is 0.766. The van der Waals surface area contributed by atoms with Crippen molar-refractivity contribution in [2.24, 2.45) is 5.41 Å². The third kappa shape index (κ3) is 6.00. The number of hydrogen-bond donors (Lipinski definition) is 2. The smallest absolute Gasteiger partial charge is 0.244 e. The van der Waals surface area contributed by atoms with E-state index in [1.165, 1.54) is 4.90 Å². The summed E-state index contributed by atoms with van der Waals surface area (Å²) in [6.07, 6.45) is 0.0991. The van der Waals surface area contributed by atoms with Gasteiger partial charge >= 0.3 is 0 Å². The highest BCUT2D eigenvalue weighted by Crippen LogP contribution is 2.13. The van der Waals surface area contributed by atoms with Gasteiger partial charge in [0.05, 0.1) is 6.10 Å². The van der Waals surface area contributed by atoms with Crippen LogP contribution in [-0.2, 0) is 9.59 Å². The molecule has 0 spiro atoms. The van der Waals surface area contributed by atoms with Gasteiger partial charge in [0, 0.05) is 19.0 Å². The lowest BCUT2D eigenvalue weighted by molar-refractivity contribution is -0.137. The van der Waals surface area contributed by atoms with Gasteiger partial charge in [0.2, 0.25) is 11.8 Å². The fourth-order valence-electron chi connectivity index (χ4n) is 1.30. The number of aliphatic hydroxyl groups excluding tert-OH is 1. The first-order chi connectivity index (χ1) is 8.05. The first-order valence-electron chi connectivity index (χ1n) is 6.29. The molecule has 0 aromatic rings. The third-order valence-corrected chi connectivity index (χ3v) is 2.66. The van der Waals surface area contributed by atoms with E-state index in [-0.39, 0.29) is 11.8 Å². The van der Waals surface area contributed by atoms with E-state index in [9.17, 15) is 9.59 Å². The minimum absolute atomic E-state index is 0.145. The Morgan fingerprint density at radius 1 is 1.28 bits per heavy atom. The van der Waals surface area contributed by atoms with Crippen molar-refractivity contribution in [3.63, 3.8) is 0 Å². The van der Waals surface area contributed by atoms with Gasteiger partial charge in [-0.25, -0.2) is 0 Å². The number of carbonyl (C=O) groups excluding carboxylic acids is 2. The Hall–Kier alpha value is -1.10. The van der Waals surface area contributed by atoms with Gasteiger partial charge in [-0.2, -0.15) is 0 Å². The van der Waals surface area contributed by atoms with E-state index < -0.39 is 17.6 Å². The van der Waals surface area contributed by atoms with Gasteiger partial charge in [-0.15, -0.1) is 0 Å². The quantitative estimate of drug-likeness (QED) is 0.765. The van der Waals surface area contributed by atoms with E-state index >= 15 is 0 Å². The zero-order valence-electron chi connectivity index (χ0n) is 12.3. The Balaban J connectivity index is 4.30. The van der Waals surface area contributed by atoms with Crippen LogP contribution >= 0.6 is 0 Å². The van der Waals surface area contributed by atoms with Crippen LogP contribution in [0.3, 0.4) is 0 Å². The first-order valence-corrected chi connectivity index (χ1v) is 6.29. The molecule has 2 amide bonds. The molecule has 0 radical (unpaired) electrons. The molecule has 0 aromatic carbocycles. The maximum absolute atomic E-state index is 11.9. The highest BCUT2D eigenvalue weighted by molar-refractivity contribution is 5.89. The minimum Gasteiger partial charge on any atom is -0.393 e. The van der Waals surface area contributed by atoms with E-state index in [1.807, 2.05) is 0 Å². The molecule has 2 unspecified atom stereocenters. The van der Waals surface area contributed by atoms with E-state index in [2.05, 4.69) is 5.32 Å². The SMILES string of the molecule is CC(O)CCN(C)C(=O)C(C)NC(=O)C(C)(C)C. The zero-order valence-corrected chi connectivity index (χ0v) is 12.3. The van der Waals surface area contributed by atoms with Crippen molar-refractivity contribution < 1.29 is 14.7 Å². The van der Waals surface area contributed by atoms with Crippen LogP contribution in [0.25, 0.3) is 0 Å². The Morgan fingerprint density at radius 2 is 1.78 bits per heavy atom. The second kappa shape index (κ2) is 6.73. The molecule has 0 saturated carbocycles. The molecule has 2 N–H and O–H groups in total. The number of carbonyl (C=O) groups is 2. The van der Waals surface area contributed by atoms with Crippen LogP contribution in [0.15, 0.2) is 0 Å². The fraction of sp³-hybridized carbons (Fsp3) is 0.846. The highest BCUT2D eigenvalue weighted by atomic mass is 16.3. The van der Waals surface area contributed by atoms with Crippen molar-refractivity contribution >= 4 is 11.8 Å². The van der Waals surface area contributed by atoms with Crippen LogP contribution in [0.2, 0.25) is 0 Å². The third-order valence-electron chi connectivity index (χ3n) is 2.66. The second-order valence-electron chi connectivity index (χ2n) is 5.84. The summed E-state index contributed by atoms with van der Waals surface area (Å²) >= 11 is 0. The lowest BCUT2D eigenvalue weighted by atomic mass is 9.95. The number of aliphatic hydroxyl groups is 1. The molecule has 0 aliphatic heterocycles. The summed E-state index contributed by atoms with van der Waals surface area (Å²) in [5, 5.41) is 11.9. The number of hydrogen-bond acceptors (Lipinski definition) is 3. The van der Waals surface area contributed by atoms with Gasteiger partial charge < -0.3 is 15.3 Å². The molecule has 106 valence electrons. The molecule has 5 nitrogen and oxygen atoms in total. The molecule has 5 heteroatoms. The van der Waals surface area contributed by atoms with E-state index in [0.717, 1.165) is 0 Å². The molecular weight excluding hydrogens is 232 g/mol. The Kier molecular flexibility index (Phi) is 6.32. The number of likely N-dealkylation sites (N-methyl/N-ethyl adjacent to an activating group) is 1. The van der Waals surface area contributed by atoms with Crippen LogP contribution in [0, 0.1) is 5.41 Å². The molecule has 0 bridgehead atoms. The summed E-state index contributed by atoms with van der Waals surface area (Å²) < 4.78 is 0. The summed E-state index contributed by atoms with van der Waals surface area (Å²) in [5.41, 5.74) is -0.507. The molecule has 0 aromatic heterocycles. The monoisotopic (exact) mass is 258 g/mol. The van der Waals surface area contributed by atoms with Crippen LogP contribution in [0.4, 0.5) is 0 Å². The van der Waals surface area contributed by atoms with Gasteiger partial charge in [0.1, 0.15) is 6.04 Å². The maximum atomic E-state index is 11.9. The summed E-state index contributed by atoms with van der Waals surface area (Å²) in [6, 6.07) is -0.546. The van der Waals surface area contributed by atoms with E-state index in [4.69, 9.17) is 5.11 Å². The van der Waals surface area contributed by atoms with Crippen molar-refractivity contribution in [3.05, 3.63) is 0 Å². The number of amides is 2. The molecule has 0 rings (SSSR count). The lowest BCUT2D eigenvalue weighted by Crippen LogP contribution is -2.49. The average Bonchev–Trinajstić information content (AvgIpc) is 2.23. The summed E-state index contributed by atoms with van der Waals surface area (Å²) in [5.74, 6) is -0.291. The van der Waals surface area contributed by atoms with E-state index in [0.29, 0.717) is 13.0 Å². The Morgan fingerprint density at radius 3 is 2.17 bits per heavy atom. The van der Waals surface area contributed by atoms with Crippen LogP contribution in [0.5, 0.6) is 0 Å². The molecular formula is C13H26N2O3. The van der Waals surface area contributed by atoms with Crippen molar-refractivity contribution in [2.45, 2.75) is 53.2 Å². The first kappa shape index (κ1) is 16.9. The fourth-order valence-corrected chi connectivity index (χ4v) is 1.30. The number of nitrogens with zero attached hydrogens (tertiary/aromatic N) is 1. The van der Waals surface area contributed by atoms with Gasteiger partial charge in [-0.05, 0) is 20.3 Å². The standard InChI is InChI=1S/C13H26N2O3/c1-9(16)7-8-15(6)11(17)10(2)14-12(18)13(3,4)5/h9-10,16H,7-8H2,1-6H3,(H,14,18). The summed E-state index contributed by atoms with van der Waals surface area (Å²) in [7, 11) is 1.67. The average molecular weight is 258 g/mol. The molecule has 0 saturated heterocycles. The normalized spacial score (nSPS) is 14.8. The molecule has 2 atom stereocenters. The van der Waals surface area contributed by atoms with Crippen molar-refractivity contribution in [3.8, 4) is 0 Å². The molecule has 0 aliphatic rings. The van der Waals surface area contributed by atoms with Gasteiger partial charge in [0.15, 0.2) is 0 Å². The number of nitrogens with one attached hydrogen (secondary N) is 1. The molecule has 18 heavy (non-hydrogen) atoms. The highest BCUT2D eigenvalue weighted by Gasteiger charge is 2.26. The zero-order chi connectivity index (χ0) is 14.5. The summed E-state index contributed by atoms with van der Waals surface area (Å²) in [4.78, 5) is 25.2. The van der Waals surface area contributed by atoms with Crippen molar-refractivity contribution in [1.82, 2.24) is 10.2 Å². The van der Waals surface area contributed by atoms with Crippen molar-refractivity contribution in [1.29, 1.82) is 0 Å². The summed E-state index contributed by atoms with van der Waals surface area (Å²) in [6.45, 7) is 9.24. The minimum atomic E-state index is -0.546. The molecule has 0 aliphatic carbocycles. The van der Waals surface area contributed by atoms with Crippen molar-refractivity contribution in [2.75, 3.05) is 13.6 Å². The van der Waals surface area contributed by atoms with E-state index in [1.54, 1.807) is 41.7 Å². The maximum Gasteiger partial charge on any atom is 0.244 e. The largest absolute Gasteiger partial charge is 0.393 e. The topological polar surface area (TPSA) is 69.6 Å². The molecule has 0 heterocycles. The van der Waals surface area contributed by atoms with Crippen LogP contribution < -0.4 is 5.32 Å². The number of rotatable bonds is 5. The van der Waals surface area contributed by atoms with Gasteiger partial charge in [0.25, 0.3) is 0 Å². The van der Waals surface area contributed by atoms with Gasteiger partial charge in [-0.3, -0.25) is 9.59 Å².